The molecule has 2 aromatic carbocycles. The fourth-order valence-electron chi connectivity index (χ4n) is 3.66. The largest absolute Gasteiger partial charge is 0.497 e. The molecule has 0 radical (unpaired) electrons. The highest BCUT2D eigenvalue weighted by Gasteiger charge is 2.19. The van der Waals surface area contributed by atoms with Crippen molar-refractivity contribution in [3.05, 3.63) is 65.7 Å². The maximum Gasteiger partial charge on any atom is 0.224 e. The molecule has 1 fully saturated rings. The Morgan fingerprint density at radius 3 is 2.25 bits per heavy atom. The second-order valence-corrected chi connectivity index (χ2v) is 7.56. The predicted octanol–water partition coefficient (Wildman–Crippen LogP) is 2.56. The average molecular weight is 382 g/mol. The van der Waals surface area contributed by atoms with Crippen LogP contribution < -0.4 is 10.1 Å². The third-order valence-corrected chi connectivity index (χ3v) is 5.18. The van der Waals surface area contributed by atoms with E-state index in [0.717, 1.165) is 50.6 Å². The summed E-state index contributed by atoms with van der Waals surface area (Å²) < 4.78 is 5.15. The van der Waals surface area contributed by atoms with Crippen molar-refractivity contribution >= 4 is 5.91 Å². The molecule has 0 bridgehead atoms. The van der Waals surface area contributed by atoms with Crippen LogP contribution in [0.5, 0.6) is 5.75 Å². The lowest BCUT2D eigenvalue weighted by molar-refractivity contribution is -0.121. The highest BCUT2D eigenvalue weighted by Crippen LogP contribution is 2.12. The molecule has 2 aromatic rings. The third-order valence-electron chi connectivity index (χ3n) is 5.18. The summed E-state index contributed by atoms with van der Waals surface area (Å²) >= 11 is 0. The Balaban J connectivity index is 1.36. The first-order valence-corrected chi connectivity index (χ1v) is 10.0. The molecule has 0 aliphatic carbocycles. The summed E-state index contributed by atoms with van der Waals surface area (Å²) in [4.78, 5) is 17.2. The van der Waals surface area contributed by atoms with E-state index < -0.39 is 0 Å². The van der Waals surface area contributed by atoms with E-state index in [-0.39, 0.29) is 11.9 Å². The molecule has 1 aliphatic rings. The van der Waals surface area contributed by atoms with Gasteiger partial charge >= 0.3 is 0 Å². The molecule has 0 aromatic heterocycles. The standard InChI is InChI=1S/C23H31N3O2/c1-19(24-23(27)16-20-8-10-22(28-2)11-9-20)17-25-12-14-26(15-13-25)18-21-6-4-3-5-7-21/h3-11,19H,12-18H2,1-2H3,(H,24,27)/t19-/m0/s1. The minimum absolute atomic E-state index is 0.0698. The van der Waals surface area contributed by atoms with E-state index in [1.807, 2.05) is 24.3 Å². The molecule has 3 rings (SSSR count). The number of piperazine rings is 1. The lowest BCUT2D eigenvalue weighted by atomic mass is 10.1. The van der Waals surface area contributed by atoms with Crippen molar-refractivity contribution in [1.82, 2.24) is 15.1 Å². The van der Waals surface area contributed by atoms with E-state index >= 15 is 0 Å². The predicted molar refractivity (Wildman–Crippen MR) is 112 cm³/mol. The summed E-state index contributed by atoms with van der Waals surface area (Å²) in [5.41, 5.74) is 2.37. The Kier molecular flexibility index (Phi) is 7.46. The Labute approximate surface area is 168 Å². The fourth-order valence-corrected chi connectivity index (χ4v) is 3.66. The van der Waals surface area contributed by atoms with Gasteiger partial charge in [-0.15, -0.1) is 0 Å². The molecular formula is C23H31N3O2. The zero-order valence-electron chi connectivity index (χ0n) is 16.9. The van der Waals surface area contributed by atoms with Crippen LogP contribution in [0, 0.1) is 0 Å². The van der Waals surface area contributed by atoms with Crippen molar-refractivity contribution in [3.8, 4) is 5.75 Å². The first-order valence-electron chi connectivity index (χ1n) is 10.0. The molecule has 1 heterocycles. The van der Waals surface area contributed by atoms with E-state index in [9.17, 15) is 4.79 Å². The number of methoxy groups -OCH3 is 1. The zero-order chi connectivity index (χ0) is 19.8. The monoisotopic (exact) mass is 381 g/mol. The topological polar surface area (TPSA) is 44.8 Å². The first kappa shape index (κ1) is 20.4. The summed E-state index contributed by atoms with van der Waals surface area (Å²) in [7, 11) is 1.64. The van der Waals surface area contributed by atoms with E-state index in [4.69, 9.17) is 4.74 Å². The van der Waals surface area contributed by atoms with Gasteiger partial charge in [-0.05, 0) is 30.2 Å². The number of amides is 1. The van der Waals surface area contributed by atoms with Gasteiger partial charge in [0.25, 0.3) is 0 Å². The number of carbonyl (C=O) groups excluding carboxylic acids is 1. The summed E-state index contributed by atoms with van der Waals surface area (Å²) in [5.74, 6) is 0.879. The molecule has 1 amide bonds. The van der Waals surface area contributed by atoms with Crippen LogP contribution in [-0.4, -0.2) is 61.6 Å². The molecule has 1 saturated heterocycles. The van der Waals surface area contributed by atoms with Crippen LogP contribution in [0.3, 0.4) is 0 Å². The molecule has 28 heavy (non-hydrogen) atoms. The molecule has 5 heteroatoms. The van der Waals surface area contributed by atoms with Gasteiger partial charge in [0.15, 0.2) is 0 Å². The highest BCUT2D eigenvalue weighted by molar-refractivity contribution is 5.78. The molecule has 1 aliphatic heterocycles. The molecule has 150 valence electrons. The van der Waals surface area contributed by atoms with Gasteiger partial charge in [0.2, 0.25) is 5.91 Å². The maximum absolute atomic E-state index is 12.3. The molecule has 0 unspecified atom stereocenters. The van der Waals surface area contributed by atoms with E-state index in [1.165, 1.54) is 5.56 Å². The molecule has 0 saturated carbocycles. The van der Waals surface area contributed by atoms with Gasteiger partial charge in [-0.2, -0.15) is 0 Å². The van der Waals surface area contributed by atoms with Gasteiger partial charge in [-0.25, -0.2) is 0 Å². The molecule has 0 spiro atoms. The number of hydrogen-bond acceptors (Lipinski definition) is 4. The van der Waals surface area contributed by atoms with Crippen molar-refractivity contribution in [2.75, 3.05) is 39.8 Å². The maximum atomic E-state index is 12.3. The average Bonchev–Trinajstić information content (AvgIpc) is 2.70. The highest BCUT2D eigenvalue weighted by atomic mass is 16.5. The summed E-state index contributed by atoms with van der Waals surface area (Å²) in [6.07, 6.45) is 0.402. The quantitative estimate of drug-likeness (QED) is 0.763. The number of nitrogens with zero attached hydrogens (tertiary/aromatic N) is 2. The normalized spacial score (nSPS) is 16.5. The summed E-state index contributed by atoms with van der Waals surface area (Å²) in [5, 5.41) is 3.13. The van der Waals surface area contributed by atoms with Crippen LogP contribution in [0.15, 0.2) is 54.6 Å². The van der Waals surface area contributed by atoms with Crippen molar-refractivity contribution in [1.29, 1.82) is 0 Å². The van der Waals surface area contributed by atoms with Crippen molar-refractivity contribution in [2.45, 2.75) is 25.9 Å². The smallest absolute Gasteiger partial charge is 0.224 e. The van der Waals surface area contributed by atoms with Gasteiger partial charge in [0.05, 0.1) is 13.5 Å². The Hall–Kier alpha value is -2.37. The van der Waals surface area contributed by atoms with Crippen LogP contribution in [0.4, 0.5) is 0 Å². The number of benzene rings is 2. The molecular weight excluding hydrogens is 350 g/mol. The lowest BCUT2D eigenvalue weighted by Gasteiger charge is -2.36. The first-order chi connectivity index (χ1) is 13.6. The second kappa shape index (κ2) is 10.2. The van der Waals surface area contributed by atoms with E-state index in [2.05, 4.69) is 52.4 Å². The molecule has 1 N–H and O–H groups in total. The number of nitrogens with one attached hydrogen (secondary N) is 1. The van der Waals surface area contributed by atoms with Gasteiger partial charge in [-0.3, -0.25) is 14.6 Å². The third kappa shape index (κ3) is 6.36. The zero-order valence-corrected chi connectivity index (χ0v) is 16.9. The summed E-state index contributed by atoms with van der Waals surface area (Å²) in [6.45, 7) is 8.23. The number of hydrogen-bond donors (Lipinski definition) is 1. The number of carbonyl (C=O) groups is 1. The Morgan fingerprint density at radius 1 is 0.964 bits per heavy atom. The van der Waals surface area contributed by atoms with E-state index in [0.29, 0.717) is 6.42 Å². The molecule has 5 nitrogen and oxygen atoms in total. The minimum Gasteiger partial charge on any atom is -0.497 e. The van der Waals surface area contributed by atoms with Crippen LogP contribution in [0.25, 0.3) is 0 Å². The van der Waals surface area contributed by atoms with Gasteiger partial charge in [-0.1, -0.05) is 42.5 Å². The van der Waals surface area contributed by atoms with Gasteiger partial charge in [0, 0.05) is 45.3 Å². The molecule has 1 atom stereocenters. The Morgan fingerprint density at radius 2 is 1.61 bits per heavy atom. The minimum atomic E-state index is 0.0698. The van der Waals surface area contributed by atoms with Crippen molar-refractivity contribution in [2.24, 2.45) is 0 Å². The number of ether oxygens (including phenoxy) is 1. The second-order valence-electron chi connectivity index (χ2n) is 7.56. The number of rotatable bonds is 8. The van der Waals surface area contributed by atoms with Gasteiger partial charge < -0.3 is 10.1 Å². The van der Waals surface area contributed by atoms with Crippen LogP contribution in [-0.2, 0) is 17.8 Å². The van der Waals surface area contributed by atoms with Crippen LogP contribution >= 0.6 is 0 Å². The van der Waals surface area contributed by atoms with Crippen molar-refractivity contribution in [3.63, 3.8) is 0 Å². The van der Waals surface area contributed by atoms with Gasteiger partial charge in [0.1, 0.15) is 5.75 Å². The van der Waals surface area contributed by atoms with Crippen LogP contribution in [0.1, 0.15) is 18.1 Å². The lowest BCUT2D eigenvalue weighted by Crippen LogP contribution is -2.50. The summed E-state index contributed by atoms with van der Waals surface area (Å²) in [6, 6.07) is 18.4. The van der Waals surface area contributed by atoms with E-state index in [1.54, 1.807) is 7.11 Å². The SMILES string of the molecule is COc1ccc(CC(=O)N[C@@H](C)CN2CCN(Cc3ccccc3)CC2)cc1. The Bertz CT molecular complexity index is 725. The van der Waals surface area contributed by atoms with Crippen LogP contribution in [0.2, 0.25) is 0 Å². The fraction of sp³-hybridized carbons (Fsp3) is 0.435. The van der Waals surface area contributed by atoms with Crippen molar-refractivity contribution < 1.29 is 9.53 Å².